The van der Waals surface area contributed by atoms with Gasteiger partial charge >= 0.3 is 0 Å². The molecule has 1 heteroatoms. The molecule has 0 fully saturated rings. The Morgan fingerprint density at radius 3 is 3.08 bits per heavy atom. The highest BCUT2D eigenvalue weighted by Gasteiger charge is 2.15. The highest BCUT2D eigenvalue weighted by atomic mass is 16.1. The topological polar surface area (TPSA) is 17.1 Å². The lowest BCUT2D eigenvalue weighted by atomic mass is 9.89. The minimum absolute atomic E-state index is 0.330. The van der Waals surface area contributed by atoms with Crippen molar-refractivity contribution in [3.8, 4) is 0 Å². The Morgan fingerprint density at radius 2 is 2.31 bits per heavy atom. The Kier molecular flexibility index (Phi) is 4.81. The van der Waals surface area contributed by atoms with Gasteiger partial charge < -0.3 is 0 Å². The monoisotopic (exact) mass is 180 g/mol. The molecule has 1 atom stereocenters. The standard InChI is InChI=1S/C12H20O/c1-2-3-8-11-9-6-4-5-7-10-12(11)13/h7,10-11H,2-6,8-9H2,1H3. The number of allylic oxidation sites excluding steroid dienone is 2. The number of hydrogen-bond acceptors (Lipinski definition) is 1. The van der Waals surface area contributed by atoms with Crippen molar-refractivity contribution in [2.24, 2.45) is 5.92 Å². The van der Waals surface area contributed by atoms with Gasteiger partial charge in [0, 0.05) is 5.92 Å². The van der Waals surface area contributed by atoms with E-state index in [1.165, 1.54) is 25.7 Å². The zero-order chi connectivity index (χ0) is 9.52. The zero-order valence-corrected chi connectivity index (χ0v) is 8.59. The van der Waals surface area contributed by atoms with E-state index in [0.29, 0.717) is 11.7 Å². The lowest BCUT2D eigenvalue weighted by Crippen LogP contribution is -2.13. The maximum Gasteiger partial charge on any atom is 0.158 e. The summed E-state index contributed by atoms with van der Waals surface area (Å²) in [5, 5.41) is 0. The van der Waals surface area contributed by atoms with Gasteiger partial charge in [-0.15, -0.1) is 0 Å². The van der Waals surface area contributed by atoms with Crippen molar-refractivity contribution in [1.82, 2.24) is 0 Å². The molecule has 0 spiro atoms. The van der Waals surface area contributed by atoms with Gasteiger partial charge in [0.1, 0.15) is 0 Å². The van der Waals surface area contributed by atoms with Gasteiger partial charge in [-0.05, 0) is 31.8 Å². The fourth-order valence-corrected chi connectivity index (χ4v) is 1.87. The molecule has 1 aliphatic carbocycles. The molecule has 1 nitrogen and oxygen atoms in total. The predicted molar refractivity (Wildman–Crippen MR) is 55.6 cm³/mol. The van der Waals surface area contributed by atoms with Crippen molar-refractivity contribution in [1.29, 1.82) is 0 Å². The molecule has 1 unspecified atom stereocenters. The molecule has 0 aromatic rings. The van der Waals surface area contributed by atoms with Crippen molar-refractivity contribution < 1.29 is 4.79 Å². The van der Waals surface area contributed by atoms with E-state index >= 15 is 0 Å². The van der Waals surface area contributed by atoms with Crippen molar-refractivity contribution >= 4 is 5.78 Å². The summed E-state index contributed by atoms with van der Waals surface area (Å²) in [5.41, 5.74) is 0. The molecule has 0 aliphatic heterocycles. The maximum atomic E-state index is 11.6. The molecular weight excluding hydrogens is 160 g/mol. The highest BCUT2D eigenvalue weighted by Crippen LogP contribution is 2.20. The van der Waals surface area contributed by atoms with E-state index in [4.69, 9.17) is 0 Å². The van der Waals surface area contributed by atoms with Crippen LogP contribution in [-0.4, -0.2) is 5.78 Å². The van der Waals surface area contributed by atoms with Gasteiger partial charge in [-0.2, -0.15) is 0 Å². The number of rotatable bonds is 3. The van der Waals surface area contributed by atoms with E-state index in [1.54, 1.807) is 6.08 Å². The minimum atomic E-state index is 0.330. The second kappa shape index (κ2) is 5.95. The summed E-state index contributed by atoms with van der Waals surface area (Å²) in [6.07, 6.45) is 12.0. The van der Waals surface area contributed by atoms with Crippen LogP contribution in [0.2, 0.25) is 0 Å². The quantitative estimate of drug-likeness (QED) is 0.649. The normalized spacial score (nSPS) is 24.1. The van der Waals surface area contributed by atoms with Crippen molar-refractivity contribution in [3.05, 3.63) is 12.2 Å². The third-order valence-electron chi connectivity index (χ3n) is 2.76. The summed E-state index contributed by atoms with van der Waals surface area (Å²) in [7, 11) is 0. The van der Waals surface area contributed by atoms with Crippen LogP contribution in [0.15, 0.2) is 12.2 Å². The van der Waals surface area contributed by atoms with E-state index < -0.39 is 0 Å². The van der Waals surface area contributed by atoms with Gasteiger partial charge in [0.25, 0.3) is 0 Å². The Hall–Kier alpha value is -0.590. The summed E-state index contributed by atoms with van der Waals surface area (Å²) in [5.74, 6) is 0.699. The molecule has 74 valence electrons. The molecule has 0 saturated carbocycles. The second-order valence-electron chi connectivity index (χ2n) is 3.93. The molecule has 1 aliphatic rings. The Bertz CT molecular complexity index is 182. The Balaban J connectivity index is 2.43. The van der Waals surface area contributed by atoms with Crippen LogP contribution in [0.1, 0.15) is 51.9 Å². The first-order chi connectivity index (χ1) is 6.34. The minimum Gasteiger partial charge on any atom is -0.295 e. The van der Waals surface area contributed by atoms with Gasteiger partial charge in [0.15, 0.2) is 5.78 Å². The molecule has 0 aromatic carbocycles. The van der Waals surface area contributed by atoms with Crippen LogP contribution in [0, 0.1) is 5.92 Å². The van der Waals surface area contributed by atoms with Gasteiger partial charge in [0.05, 0.1) is 0 Å². The molecule has 13 heavy (non-hydrogen) atoms. The van der Waals surface area contributed by atoms with Crippen LogP contribution in [-0.2, 0) is 4.79 Å². The number of ketones is 1. The lowest BCUT2D eigenvalue weighted by molar-refractivity contribution is -0.118. The number of hydrogen-bond donors (Lipinski definition) is 0. The smallest absolute Gasteiger partial charge is 0.158 e. The molecule has 0 aromatic heterocycles. The molecule has 0 heterocycles. The predicted octanol–water partition coefficient (Wildman–Crippen LogP) is 3.49. The third-order valence-corrected chi connectivity index (χ3v) is 2.76. The van der Waals surface area contributed by atoms with Crippen LogP contribution in [0.5, 0.6) is 0 Å². The summed E-state index contributed by atoms with van der Waals surface area (Å²) >= 11 is 0. The molecule has 0 bridgehead atoms. The molecule has 1 rings (SSSR count). The van der Waals surface area contributed by atoms with Crippen LogP contribution < -0.4 is 0 Å². The second-order valence-corrected chi connectivity index (χ2v) is 3.93. The number of carbonyl (C=O) groups is 1. The van der Waals surface area contributed by atoms with Crippen LogP contribution >= 0.6 is 0 Å². The summed E-state index contributed by atoms with van der Waals surface area (Å²) in [4.78, 5) is 11.6. The Morgan fingerprint density at radius 1 is 1.46 bits per heavy atom. The first-order valence-electron chi connectivity index (χ1n) is 5.55. The van der Waals surface area contributed by atoms with E-state index in [2.05, 4.69) is 6.92 Å². The van der Waals surface area contributed by atoms with Crippen LogP contribution in [0.25, 0.3) is 0 Å². The Labute approximate surface area is 81.2 Å². The first-order valence-corrected chi connectivity index (χ1v) is 5.55. The van der Waals surface area contributed by atoms with E-state index in [1.807, 2.05) is 6.08 Å². The van der Waals surface area contributed by atoms with Gasteiger partial charge in [-0.1, -0.05) is 32.3 Å². The first kappa shape index (κ1) is 10.5. The zero-order valence-electron chi connectivity index (χ0n) is 8.59. The maximum absolute atomic E-state index is 11.6. The number of carbonyl (C=O) groups excluding carboxylic acids is 1. The fourth-order valence-electron chi connectivity index (χ4n) is 1.87. The van der Waals surface area contributed by atoms with E-state index in [9.17, 15) is 4.79 Å². The van der Waals surface area contributed by atoms with Crippen LogP contribution in [0.3, 0.4) is 0 Å². The molecule has 0 radical (unpaired) electrons. The van der Waals surface area contributed by atoms with Crippen molar-refractivity contribution in [2.45, 2.75) is 51.9 Å². The van der Waals surface area contributed by atoms with E-state index in [0.717, 1.165) is 19.3 Å². The lowest BCUT2D eigenvalue weighted by Gasteiger charge is -2.14. The SMILES string of the molecule is CCCCC1CCCCC=CC1=O. The third kappa shape index (κ3) is 3.75. The van der Waals surface area contributed by atoms with Gasteiger partial charge in [-0.25, -0.2) is 0 Å². The highest BCUT2D eigenvalue weighted by molar-refractivity contribution is 5.91. The molecule has 0 saturated heterocycles. The molecule has 0 amide bonds. The summed E-state index contributed by atoms with van der Waals surface area (Å²) in [6.45, 7) is 2.18. The average molecular weight is 180 g/mol. The molecule has 0 N–H and O–H groups in total. The summed E-state index contributed by atoms with van der Waals surface area (Å²) in [6, 6.07) is 0. The summed E-state index contributed by atoms with van der Waals surface area (Å²) < 4.78 is 0. The van der Waals surface area contributed by atoms with Gasteiger partial charge in [-0.3, -0.25) is 4.79 Å². The van der Waals surface area contributed by atoms with Crippen molar-refractivity contribution in [3.63, 3.8) is 0 Å². The van der Waals surface area contributed by atoms with Crippen molar-refractivity contribution in [2.75, 3.05) is 0 Å². The fraction of sp³-hybridized carbons (Fsp3) is 0.750. The molecular formula is C12H20O. The van der Waals surface area contributed by atoms with Crippen LogP contribution in [0.4, 0.5) is 0 Å². The largest absolute Gasteiger partial charge is 0.295 e. The van der Waals surface area contributed by atoms with Gasteiger partial charge in [0.2, 0.25) is 0 Å². The average Bonchev–Trinajstić information content (AvgIpc) is 2.11. The van der Waals surface area contributed by atoms with E-state index in [-0.39, 0.29) is 0 Å². The number of unbranched alkanes of at least 4 members (excludes halogenated alkanes) is 1.